The van der Waals surface area contributed by atoms with E-state index in [-0.39, 0.29) is 5.82 Å². The highest BCUT2D eigenvalue weighted by molar-refractivity contribution is 5.67. The van der Waals surface area contributed by atoms with E-state index in [1.807, 2.05) is 0 Å². The molecule has 18 heavy (non-hydrogen) atoms. The molecule has 3 N–H and O–H groups in total. The Morgan fingerprint density at radius 1 is 1.28 bits per heavy atom. The maximum atomic E-state index is 13.3. The van der Waals surface area contributed by atoms with Crippen LogP contribution in [0, 0.1) is 24.6 Å². The van der Waals surface area contributed by atoms with Gasteiger partial charge in [0, 0.05) is 6.54 Å². The number of rotatable bonds is 3. The van der Waals surface area contributed by atoms with E-state index >= 15 is 0 Å². The molecule has 0 amide bonds. The van der Waals surface area contributed by atoms with Crippen molar-refractivity contribution in [2.24, 2.45) is 11.8 Å². The summed E-state index contributed by atoms with van der Waals surface area (Å²) < 4.78 is 13.3. The van der Waals surface area contributed by atoms with Gasteiger partial charge in [-0.05, 0) is 49.3 Å². The normalized spacial score (nSPS) is 23.9. The lowest BCUT2D eigenvalue weighted by molar-refractivity contribution is 0.300. The minimum atomic E-state index is -0.232. The first-order valence-electron chi connectivity index (χ1n) is 6.85. The maximum Gasteiger partial charge on any atom is 0.128 e. The SMILES string of the molecule is Cc1cc(NCC2CCC(C)CC2)c(N)cc1F. The summed E-state index contributed by atoms with van der Waals surface area (Å²) in [5, 5.41) is 3.37. The molecule has 0 spiro atoms. The van der Waals surface area contributed by atoms with E-state index in [0.717, 1.165) is 24.1 Å². The molecule has 1 aromatic rings. The van der Waals surface area contributed by atoms with Gasteiger partial charge in [-0.2, -0.15) is 0 Å². The number of hydrogen-bond donors (Lipinski definition) is 2. The van der Waals surface area contributed by atoms with Crippen LogP contribution in [0.2, 0.25) is 0 Å². The molecule has 1 saturated carbocycles. The van der Waals surface area contributed by atoms with Crippen molar-refractivity contribution in [3.63, 3.8) is 0 Å². The Balaban J connectivity index is 1.92. The van der Waals surface area contributed by atoms with Gasteiger partial charge in [0.15, 0.2) is 0 Å². The Bertz CT molecular complexity index is 409. The van der Waals surface area contributed by atoms with Gasteiger partial charge < -0.3 is 11.1 Å². The van der Waals surface area contributed by atoms with Crippen LogP contribution >= 0.6 is 0 Å². The first-order chi connectivity index (χ1) is 8.56. The lowest BCUT2D eigenvalue weighted by atomic mass is 9.83. The summed E-state index contributed by atoms with van der Waals surface area (Å²) in [6.07, 6.45) is 5.22. The fraction of sp³-hybridized carbons (Fsp3) is 0.600. The molecule has 0 radical (unpaired) electrons. The molecule has 0 aliphatic heterocycles. The van der Waals surface area contributed by atoms with Gasteiger partial charge in [-0.3, -0.25) is 0 Å². The highest BCUT2D eigenvalue weighted by Gasteiger charge is 2.18. The molecule has 3 heteroatoms. The zero-order valence-corrected chi connectivity index (χ0v) is 11.3. The highest BCUT2D eigenvalue weighted by atomic mass is 19.1. The molecule has 1 aliphatic rings. The quantitative estimate of drug-likeness (QED) is 0.797. The van der Waals surface area contributed by atoms with E-state index in [0.29, 0.717) is 11.3 Å². The zero-order valence-electron chi connectivity index (χ0n) is 11.3. The largest absolute Gasteiger partial charge is 0.397 e. The number of nitrogen functional groups attached to an aromatic ring is 1. The van der Waals surface area contributed by atoms with Crippen molar-refractivity contribution >= 4 is 11.4 Å². The molecule has 0 heterocycles. The number of halogens is 1. The van der Waals surface area contributed by atoms with Crippen molar-refractivity contribution in [1.29, 1.82) is 0 Å². The van der Waals surface area contributed by atoms with E-state index in [1.165, 1.54) is 31.7 Å². The molecular weight excluding hydrogens is 227 g/mol. The lowest BCUT2D eigenvalue weighted by Crippen LogP contribution is -2.20. The fourth-order valence-corrected chi connectivity index (χ4v) is 2.64. The Hall–Kier alpha value is -1.25. The van der Waals surface area contributed by atoms with Crippen molar-refractivity contribution in [1.82, 2.24) is 0 Å². The van der Waals surface area contributed by atoms with Gasteiger partial charge in [-0.25, -0.2) is 4.39 Å². The third kappa shape index (κ3) is 3.15. The van der Waals surface area contributed by atoms with E-state index in [2.05, 4.69) is 12.2 Å². The summed E-state index contributed by atoms with van der Waals surface area (Å²) in [5.74, 6) is 1.37. The van der Waals surface area contributed by atoms with Crippen LogP contribution in [0.15, 0.2) is 12.1 Å². The van der Waals surface area contributed by atoms with Crippen LogP contribution in [0.4, 0.5) is 15.8 Å². The summed E-state index contributed by atoms with van der Waals surface area (Å²) in [4.78, 5) is 0. The molecular formula is C15H23FN2. The second-order valence-electron chi connectivity index (χ2n) is 5.70. The van der Waals surface area contributed by atoms with Crippen molar-refractivity contribution < 1.29 is 4.39 Å². The van der Waals surface area contributed by atoms with Crippen molar-refractivity contribution in [3.8, 4) is 0 Å². The summed E-state index contributed by atoms with van der Waals surface area (Å²) in [6.45, 7) is 5.04. The van der Waals surface area contributed by atoms with E-state index < -0.39 is 0 Å². The van der Waals surface area contributed by atoms with Crippen molar-refractivity contribution in [2.75, 3.05) is 17.6 Å². The Labute approximate surface area is 109 Å². The standard InChI is InChI=1S/C15H23FN2/c1-10-3-5-12(6-4-10)9-18-15-7-11(2)13(16)8-14(15)17/h7-8,10,12,18H,3-6,9,17H2,1-2H3. The summed E-state index contributed by atoms with van der Waals surface area (Å²) >= 11 is 0. The first kappa shape index (κ1) is 13.2. The molecule has 0 aromatic heterocycles. The Kier molecular flexibility index (Phi) is 4.10. The van der Waals surface area contributed by atoms with Gasteiger partial charge in [0.05, 0.1) is 11.4 Å². The molecule has 100 valence electrons. The second kappa shape index (κ2) is 5.59. The highest BCUT2D eigenvalue weighted by Crippen LogP contribution is 2.29. The molecule has 1 aliphatic carbocycles. The van der Waals surface area contributed by atoms with E-state index in [4.69, 9.17) is 5.73 Å². The molecule has 0 unspecified atom stereocenters. The van der Waals surface area contributed by atoms with Gasteiger partial charge >= 0.3 is 0 Å². The third-order valence-corrected chi connectivity index (χ3v) is 4.05. The first-order valence-corrected chi connectivity index (χ1v) is 6.85. The number of nitrogens with one attached hydrogen (secondary N) is 1. The minimum absolute atomic E-state index is 0.232. The van der Waals surface area contributed by atoms with Crippen LogP contribution in [-0.4, -0.2) is 6.54 Å². The fourth-order valence-electron chi connectivity index (χ4n) is 2.64. The average molecular weight is 250 g/mol. The second-order valence-corrected chi connectivity index (χ2v) is 5.70. The predicted octanol–water partition coefficient (Wildman–Crippen LogP) is 3.95. The molecule has 0 bridgehead atoms. The van der Waals surface area contributed by atoms with Gasteiger partial charge in [0.1, 0.15) is 5.82 Å². The monoisotopic (exact) mass is 250 g/mol. The van der Waals surface area contributed by atoms with Gasteiger partial charge in [-0.15, -0.1) is 0 Å². The summed E-state index contributed by atoms with van der Waals surface area (Å²) in [5.41, 5.74) is 7.84. The maximum absolute atomic E-state index is 13.3. The molecule has 0 atom stereocenters. The van der Waals surface area contributed by atoms with Gasteiger partial charge in [0.2, 0.25) is 0 Å². The Morgan fingerprint density at radius 3 is 2.61 bits per heavy atom. The van der Waals surface area contributed by atoms with Gasteiger partial charge in [0.25, 0.3) is 0 Å². The van der Waals surface area contributed by atoms with Crippen molar-refractivity contribution in [2.45, 2.75) is 39.5 Å². The molecule has 1 fully saturated rings. The minimum Gasteiger partial charge on any atom is -0.397 e. The van der Waals surface area contributed by atoms with Crippen LogP contribution in [0.5, 0.6) is 0 Å². The number of benzene rings is 1. The average Bonchev–Trinajstić information content (AvgIpc) is 2.34. The number of nitrogens with two attached hydrogens (primary N) is 1. The van der Waals surface area contributed by atoms with Crippen LogP contribution < -0.4 is 11.1 Å². The number of anilines is 2. The number of aryl methyl sites for hydroxylation is 1. The third-order valence-electron chi connectivity index (χ3n) is 4.05. The van der Waals surface area contributed by atoms with Crippen LogP contribution in [-0.2, 0) is 0 Å². The molecule has 1 aromatic carbocycles. The lowest BCUT2D eigenvalue weighted by Gasteiger charge is -2.26. The van der Waals surface area contributed by atoms with Gasteiger partial charge in [-0.1, -0.05) is 19.8 Å². The predicted molar refractivity (Wildman–Crippen MR) is 75.2 cm³/mol. The molecule has 0 saturated heterocycles. The zero-order chi connectivity index (χ0) is 13.1. The molecule has 2 nitrogen and oxygen atoms in total. The topological polar surface area (TPSA) is 38.0 Å². The van der Waals surface area contributed by atoms with Crippen molar-refractivity contribution in [3.05, 3.63) is 23.5 Å². The van der Waals surface area contributed by atoms with Crippen LogP contribution in [0.25, 0.3) is 0 Å². The Morgan fingerprint density at radius 2 is 1.94 bits per heavy atom. The van der Waals surface area contributed by atoms with Crippen LogP contribution in [0.3, 0.4) is 0 Å². The summed E-state index contributed by atoms with van der Waals surface area (Å²) in [6, 6.07) is 3.21. The van der Waals surface area contributed by atoms with E-state index in [9.17, 15) is 4.39 Å². The molecule has 2 rings (SSSR count). The summed E-state index contributed by atoms with van der Waals surface area (Å²) in [7, 11) is 0. The number of hydrogen-bond acceptors (Lipinski definition) is 2. The smallest absolute Gasteiger partial charge is 0.128 e. The van der Waals surface area contributed by atoms with Crippen LogP contribution in [0.1, 0.15) is 38.2 Å². The van der Waals surface area contributed by atoms with E-state index in [1.54, 1.807) is 13.0 Å².